The van der Waals surface area contributed by atoms with E-state index >= 15 is 0 Å². The van der Waals surface area contributed by atoms with Crippen LogP contribution in [0.5, 0.6) is 0 Å². The highest BCUT2D eigenvalue weighted by atomic mass is 35.5. The molecule has 0 aromatic heterocycles. The van der Waals surface area contributed by atoms with Crippen molar-refractivity contribution in [2.75, 3.05) is 32.7 Å². The Kier molecular flexibility index (Phi) is 7.51. The van der Waals surface area contributed by atoms with E-state index in [1.54, 1.807) is 17.0 Å². The van der Waals surface area contributed by atoms with Crippen LogP contribution >= 0.6 is 11.6 Å². The van der Waals surface area contributed by atoms with Crippen LogP contribution in [0.4, 0.5) is 0 Å². The number of rotatable bonds is 6. The maximum Gasteiger partial charge on any atom is 0.227 e. The highest BCUT2D eigenvalue weighted by Crippen LogP contribution is 2.27. The van der Waals surface area contributed by atoms with E-state index < -0.39 is 11.7 Å². The van der Waals surface area contributed by atoms with Crippen LogP contribution < -0.4 is 0 Å². The van der Waals surface area contributed by atoms with Crippen LogP contribution in [0, 0.1) is 5.92 Å². The molecule has 2 heterocycles. The summed E-state index contributed by atoms with van der Waals surface area (Å²) < 4.78 is 0. The zero-order valence-electron chi connectivity index (χ0n) is 18.5. The van der Waals surface area contributed by atoms with Crippen molar-refractivity contribution in [2.45, 2.75) is 43.8 Å². The fourth-order valence-corrected chi connectivity index (χ4v) is 5.13. The lowest BCUT2D eigenvalue weighted by Gasteiger charge is -2.46. The summed E-state index contributed by atoms with van der Waals surface area (Å²) in [7, 11) is 0. The number of hydrogen-bond acceptors (Lipinski definition) is 4. The van der Waals surface area contributed by atoms with Gasteiger partial charge in [0.1, 0.15) is 5.60 Å². The third kappa shape index (κ3) is 5.90. The van der Waals surface area contributed by atoms with Crippen molar-refractivity contribution in [3.63, 3.8) is 0 Å². The van der Waals surface area contributed by atoms with Crippen LogP contribution in [0.15, 0.2) is 54.6 Å². The Bertz CT molecular complexity index is 884. The summed E-state index contributed by atoms with van der Waals surface area (Å²) in [5.74, 6) is 0.622. The number of carbonyl (C=O) groups excluding carboxylic acids is 1. The van der Waals surface area contributed by atoms with Crippen molar-refractivity contribution >= 4 is 17.5 Å². The zero-order chi connectivity index (χ0) is 22.6. The predicted molar refractivity (Wildman–Crippen MR) is 127 cm³/mol. The van der Waals surface area contributed by atoms with Crippen LogP contribution in [-0.2, 0) is 17.6 Å². The minimum absolute atomic E-state index is 0.0285. The summed E-state index contributed by atoms with van der Waals surface area (Å²) in [5.41, 5.74) is 0.983. The molecule has 0 spiro atoms. The molecule has 2 fully saturated rings. The molecule has 0 saturated carbocycles. The van der Waals surface area contributed by atoms with Gasteiger partial charge in [-0.1, -0.05) is 54.1 Å². The zero-order valence-corrected chi connectivity index (χ0v) is 19.3. The molecule has 2 aliphatic rings. The molecule has 2 aliphatic heterocycles. The Hall–Kier alpha value is -1.92. The summed E-state index contributed by atoms with van der Waals surface area (Å²) in [4.78, 5) is 16.8. The fraction of sp³-hybridized carbons (Fsp3) is 0.500. The van der Waals surface area contributed by atoms with Crippen LogP contribution in [0.1, 0.15) is 30.4 Å². The monoisotopic (exact) mass is 456 g/mol. The lowest BCUT2D eigenvalue weighted by molar-refractivity contribution is -0.156. The SMILES string of the molecule is O=C(Cc1ccc(Cl)cc1)N1CC[C@H](O)[C@@](O)(CN2CCC(Cc3ccccc3)CC2)C1. The minimum atomic E-state index is -1.29. The average Bonchev–Trinajstić information content (AvgIpc) is 2.79. The molecule has 32 heavy (non-hydrogen) atoms. The van der Waals surface area contributed by atoms with E-state index in [1.807, 2.05) is 18.2 Å². The van der Waals surface area contributed by atoms with E-state index in [0.717, 1.165) is 37.9 Å². The number of hydrogen-bond donors (Lipinski definition) is 2. The molecule has 2 aromatic carbocycles. The Morgan fingerprint density at radius 1 is 0.969 bits per heavy atom. The molecule has 0 bridgehead atoms. The summed E-state index contributed by atoms with van der Waals surface area (Å²) in [5, 5.41) is 22.6. The van der Waals surface area contributed by atoms with Crippen LogP contribution in [0.2, 0.25) is 5.02 Å². The Morgan fingerprint density at radius 3 is 2.34 bits per heavy atom. The van der Waals surface area contributed by atoms with Crippen molar-refractivity contribution in [1.29, 1.82) is 0 Å². The van der Waals surface area contributed by atoms with Crippen LogP contribution in [-0.4, -0.2) is 70.3 Å². The normalized spacial score (nSPS) is 25.1. The van der Waals surface area contributed by atoms with Gasteiger partial charge in [-0.15, -0.1) is 0 Å². The lowest BCUT2D eigenvalue weighted by Crippen LogP contribution is -2.63. The number of β-amino-alcohol motifs (C(OH)–C–C–N with tert-alkyl or cyclic N) is 1. The van der Waals surface area contributed by atoms with Gasteiger partial charge in [-0.25, -0.2) is 0 Å². The van der Waals surface area contributed by atoms with E-state index in [2.05, 4.69) is 29.2 Å². The summed E-state index contributed by atoms with van der Waals surface area (Å²) in [6.07, 6.45) is 3.11. The molecule has 2 N–H and O–H groups in total. The highest BCUT2D eigenvalue weighted by Gasteiger charge is 2.43. The smallest absolute Gasteiger partial charge is 0.227 e. The van der Waals surface area contributed by atoms with Gasteiger partial charge < -0.3 is 20.0 Å². The molecule has 0 unspecified atom stereocenters. The van der Waals surface area contributed by atoms with E-state index in [4.69, 9.17) is 11.6 Å². The van der Waals surface area contributed by atoms with Crippen LogP contribution in [0.3, 0.4) is 0 Å². The van der Waals surface area contributed by atoms with Gasteiger partial charge in [-0.3, -0.25) is 4.79 Å². The third-order valence-corrected chi connectivity index (χ3v) is 7.20. The number of aliphatic hydroxyl groups excluding tert-OH is 1. The molecule has 1 amide bonds. The Morgan fingerprint density at radius 2 is 1.66 bits per heavy atom. The first-order valence-electron chi connectivity index (χ1n) is 11.6. The van der Waals surface area contributed by atoms with Crippen LogP contribution in [0.25, 0.3) is 0 Å². The average molecular weight is 457 g/mol. The molecule has 0 aliphatic carbocycles. The van der Waals surface area contributed by atoms with E-state index in [0.29, 0.717) is 30.5 Å². The quantitative estimate of drug-likeness (QED) is 0.700. The van der Waals surface area contributed by atoms with E-state index in [-0.39, 0.29) is 18.9 Å². The molecule has 5 nitrogen and oxygen atoms in total. The molecule has 6 heteroatoms. The van der Waals surface area contributed by atoms with Gasteiger partial charge in [0, 0.05) is 18.1 Å². The van der Waals surface area contributed by atoms with E-state index in [1.165, 1.54) is 5.56 Å². The first-order chi connectivity index (χ1) is 15.4. The second-order valence-electron chi connectivity index (χ2n) is 9.44. The molecule has 2 aromatic rings. The molecular formula is C26H33ClN2O3. The summed E-state index contributed by atoms with van der Waals surface area (Å²) in [6.45, 7) is 2.85. The lowest BCUT2D eigenvalue weighted by atomic mass is 9.86. The molecular weight excluding hydrogens is 424 g/mol. The number of piperidine rings is 2. The van der Waals surface area contributed by atoms with Gasteiger partial charge in [0.2, 0.25) is 5.91 Å². The second-order valence-corrected chi connectivity index (χ2v) is 9.87. The van der Waals surface area contributed by atoms with Crippen molar-refractivity contribution in [3.8, 4) is 0 Å². The number of amides is 1. The van der Waals surface area contributed by atoms with Gasteiger partial charge in [-0.05, 0) is 68.0 Å². The maximum absolute atomic E-state index is 12.8. The summed E-state index contributed by atoms with van der Waals surface area (Å²) in [6, 6.07) is 17.9. The molecule has 4 rings (SSSR count). The van der Waals surface area contributed by atoms with Gasteiger partial charge >= 0.3 is 0 Å². The number of aliphatic hydroxyl groups is 2. The van der Waals surface area contributed by atoms with Crippen molar-refractivity contribution in [2.24, 2.45) is 5.92 Å². The second kappa shape index (κ2) is 10.3. The number of likely N-dealkylation sites (tertiary alicyclic amines) is 2. The highest BCUT2D eigenvalue weighted by molar-refractivity contribution is 6.30. The standard InChI is InChI=1S/C26H33ClN2O3/c27-23-8-6-21(7-9-23)17-25(31)29-15-12-24(30)26(32,19-29)18-28-13-10-22(11-14-28)16-20-4-2-1-3-5-20/h1-9,22,24,30,32H,10-19H2/t24-,26+/m0/s1. The topological polar surface area (TPSA) is 64.0 Å². The maximum atomic E-state index is 12.8. The molecule has 172 valence electrons. The third-order valence-electron chi connectivity index (χ3n) is 6.95. The first-order valence-corrected chi connectivity index (χ1v) is 12.0. The number of benzene rings is 2. The van der Waals surface area contributed by atoms with Gasteiger partial charge in [0.15, 0.2) is 0 Å². The Balaban J connectivity index is 1.30. The largest absolute Gasteiger partial charge is 0.390 e. The van der Waals surface area contributed by atoms with Gasteiger partial charge in [0.05, 0.1) is 19.1 Å². The molecule has 0 radical (unpaired) electrons. The number of nitrogens with zero attached hydrogens (tertiary/aromatic N) is 2. The van der Waals surface area contributed by atoms with Crippen molar-refractivity contribution < 1.29 is 15.0 Å². The molecule has 2 atom stereocenters. The molecule has 2 saturated heterocycles. The van der Waals surface area contributed by atoms with Crippen molar-refractivity contribution in [1.82, 2.24) is 9.80 Å². The number of carbonyl (C=O) groups is 1. The first kappa shape index (κ1) is 23.2. The van der Waals surface area contributed by atoms with Gasteiger partial charge in [0.25, 0.3) is 0 Å². The summed E-state index contributed by atoms with van der Waals surface area (Å²) >= 11 is 5.93. The number of halogens is 1. The predicted octanol–water partition coefficient (Wildman–Crippen LogP) is 3.16. The van der Waals surface area contributed by atoms with Gasteiger partial charge in [-0.2, -0.15) is 0 Å². The van der Waals surface area contributed by atoms with E-state index in [9.17, 15) is 15.0 Å². The Labute approximate surface area is 195 Å². The minimum Gasteiger partial charge on any atom is -0.390 e. The van der Waals surface area contributed by atoms with Crippen molar-refractivity contribution in [3.05, 3.63) is 70.7 Å². The fourth-order valence-electron chi connectivity index (χ4n) is 5.00.